The fourth-order valence-electron chi connectivity index (χ4n) is 5.32. The molecule has 1 aliphatic heterocycles. The van der Waals surface area contributed by atoms with E-state index >= 15 is 0 Å². The van der Waals surface area contributed by atoms with E-state index in [0.717, 1.165) is 46.7 Å². The Labute approximate surface area is 200 Å². The van der Waals surface area contributed by atoms with Crippen LogP contribution in [0.25, 0.3) is 21.5 Å². The molecule has 0 radical (unpaired) electrons. The summed E-state index contributed by atoms with van der Waals surface area (Å²) >= 11 is 0. The number of hydrogen-bond acceptors (Lipinski definition) is 5. The van der Waals surface area contributed by atoms with E-state index in [1.54, 1.807) is 28.4 Å². The molecular weight excluding hydrogens is 426 g/mol. The summed E-state index contributed by atoms with van der Waals surface area (Å²) < 4.78 is 22.7. The van der Waals surface area contributed by atoms with Crippen molar-refractivity contribution in [3.8, 4) is 23.0 Å². The molecule has 0 aliphatic carbocycles. The number of hydrogen-bond donors (Lipinski definition) is 0. The highest BCUT2D eigenvalue weighted by Gasteiger charge is 2.30. The third kappa shape index (κ3) is 3.51. The van der Waals surface area contributed by atoms with Crippen LogP contribution in [0.2, 0.25) is 0 Å². The van der Waals surface area contributed by atoms with Crippen molar-refractivity contribution < 1.29 is 18.9 Å². The quantitative estimate of drug-likeness (QED) is 0.348. The van der Waals surface area contributed by atoms with Gasteiger partial charge in [0.2, 0.25) is 0 Å². The monoisotopic (exact) mass is 457 g/mol. The highest BCUT2D eigenvalue weighted by molar-refractivity contribution is 6.10. The van der Waals surface area contributed by atoms with Crippen molar-refractivity contribution in [2.45, 2.75) is 19.4 Å². The second kappa shape index (κ2) is 8.73. The first-order valence-electron chi connectivity index (χ1n) is 11.5. The summed E-state index contributed by atoms with van der Waals surface area (Å²) in [5, 5.41) is 4.75. The number of rotatable bonds is 5. The molecule has 1 heterocycles. The molecule has 4 aromatic carbocycles. The van der Waals surface area contributed by atoms with Gasteiger partial charge in [-0.3, -0.25) is 4.90 Å². The van der Waals surface area contributed by atoms with E-state index in [2.05, 4.69) is 67.4 Å². The Morgan fingerprint density at radius 2 is 1.29 bits per heavy atom. The average Bonchev–Trinajstić information content (AvgIpc) is 2.86. The second-order valence-corrected chi connectivity index (χ2v) is 8.98. The van der Waals surface area contributed by atoms with Crippen LogP contribution in [0.4, 0.5) is 0 Å². The fraction of sp³-hybridized carbons (Fsp3) is 0.310. The van der Waals surface area contributed by atoms with E-state index in [4.69, 9.17) is 18.9 Å². The van der Waals surface area contributed by atoms with Crippen LogP contribution >= 0.6 is 0 Å². The van der Waals surface area contributed by atoms with Crippen molar-refractivity contribution in [1.29, 1.82) is 0 Å². The minimum atomic E-state index is 0.0647. The Morgan fingerprint density at radius 1 is 0.676 bits per heavy atom. The lowest BCUT2D eigenvalue weighted by molar-refractivity contribution is 0.264. The molecule has 0 amide bonds. The predicted octanol–water partition coefficient (Wildman–Crippen LogP) is 5.91. The molecule has 0 bridgehead atoms. The Balaban J connectivity index is 1.86. The smallest absolute Gasteiger partial charge is 0.161 e. The normalized spacial score (nSPS) is 15.9. The van der Waals surface area contributed by atoms with Crippen molar-refractivity contribution in [2.75, 3.05) is 42.0 Å². The molecule has 0 spiro atoms. The number of methoxy groups -OCH3 is 4. The zero-order chi connectivity index (χ0) is 24.0. The number of ether oxygens (including phenoxy) is 4. The molecule has 34 heavy (non-hydrogen) atoms. The summed E-state index contributed by atoms with van der Waals surface area (Å²) in [6.07, 6.45) is 0.963. The van der Waals surface area contributed by atoms with Crippen molar-refractivity contribution >= 4 is 21.5 Å². The lowest BCUT2D eigenvalue weighted by Gasteiger charge is -2.36. The van der Waals surface area contributed by atoms with E-state index in [-0.39, 0.29) is 6.04 Å². The van der Waals surface area contributed by atoms with Crippen LogP contribution in [-0.2, 0) is 6.42 Å². The maximum absolute atomic E-state index is 5.71. The molecule has 1 aliphatic rings. The molecule has 5 heteroatoms. The fourth-order valence-corrected chi connectivity index (χ4v) is 5.32. The maximum atomic E-state index is 5.71. The molecule has 0 saturated heterocycles. The van der Waals surface area contributed by atoms with Crippen molar-refractivity contribution in [2.24, 2.45) is 0 Å². The molecule has 0 N–H and O–H groups in total. The molecule has 0 fully saturated rings. The molecule has 0 saturated carbocycles. The Morgan fingerprint density at radius 3 is 1.97 bits per heavy atom. The third-order valence-corrected chi connectivity index (χ3v) is 7.05. The first kappa shape index (κ1) is 22.4. The summed E-state index contributed by atoms with van der Waals surface area (Å²) in [5.74, 6) is 2.99. The SMILES string of the molecule is COc1cc2c(cc1OC)C(c1cc3ccc(C)cc3c3cc(OC)c(OC)cc13)N(C)CC2. The van der Waals surface area contributed by atoms with Gasteiger partial charge in [-0.1, -0.05) is 23.8 Å². The van der Waals surface area contributed by atoms with Gasteiger partial charge in [0, 0.05) is 6.54 Å². The average molecular weight is 458 g/mol. The summed E-state index contributed by atoms with van der Waals surface area (Å²) in [5.41, 5.74) is 5.00. The minimum absolute atomic E-state index is 0.0647. The van der Waals surface area contributed by atoms with E-state index in [1.807, 2.05) is 0 Å². The molecular formula is C29H31NO4. The number of likely N-dealkylation sites (N-methyl/N-ethyl adjacent to an activating group) is 1. The van der Waals surface area contributed by atoms with Gasteiger partial charge in [-0.15, -0.1) is 0 Å². The van der Waals surface area contributed by atoms with E-state index < -0.39 is 0 Å². The van der Waals surface area contributed by atoms with E-state index in [0.29, 0.717) is 0 Å². The molecule has 4 aromatic rings. The van der Waals surface area contributed by atoms with Crippen molar-refractivity contribution in [3.05, 3.63) is 70.8 Å². The van der Waals surface area contributed by atoms with Crippen LogP contribution in [0.15, 0.2) is 48.5 Å². The zero-order valence-corrected chi connectivity index (χ0v) is 20.7. The molecule has 1 atom stereocenters. The van der Waals surface area contributed by atoms with E-state index in [9.17, 15) is 0 Å². The van der Waals surface area contributed by atoms with Gasteiger partial charge in [0.1, 0.15) is 0 Å². The van der Waals surface area contributed by atoms with Gasteiger partial charge in [-0.05, 0) is 89.0 Å². The standard InChI is InChI=1S/C29H31NO4/c1-17-7-8-18-12-24(23-16-28(34-6)27(33-5)15-22(23)20(18)11-17)29-21-14-26(32-4)25(31-3)13-19(21)9-10-30(29)2/h7-8,11-16,29H,9-10H2,1-6H3. The van der Waals surface area contributed by atoms with Crippen LogP contribution in [0, 0.1) is 6.92 Å². The zero-order valence-electron chi connectivity index (χ0n) is 20.7. The first-order valence-corrected chi connectivity index (χ1v) is 11.5. The summed E-state index contributed by atoms with van der Waals surface area (Å²) in [7, 11) is 8.95. The number of fused-ring (bicyclic) bond motifs is 4. The Bertz CT molecular complexity index is 1390. The van der Waals surface area contributed by atoms with Gasteiger partial charge in [-0.25, -0.2) is 0 Å². The van der Waals surface area contributed by atoms with Crippen molar-refractivity contribution in [1.82, 2.24) is 4.90 Å². The molecule has 1 unspecified atom stereocenters. The third-order valence-electron chi connectivity index (χ3n) is 7.05. The predicted molar refractivity (Wildman–Crippen MR) is 137 cm³/mol. The molecule has 176 valence electrons. The first-order chi connectivity index (χ1) is 16.5. The van der Waals surface area contributed by atoms with Crippen LogP contribution in [0.5, 0.6) is 23.0 Å². The molecule has 0 aromatic heterocycles. The lowest BCUT2D eigenvalue weighted by Crippen LogP contribution is -2.33. The van der Waals surface area contributed by atoms with Crippen LogP contribution in [0.3, 0.4) is 0 Å². The van der Waals surface area contributed by atoms with Crippen molar-refractivity contribution in [3.63, 3.8) is 0 Å². The van der Waals surface area contributed by atoms with E-state index in [1.165, 1.54) is 33.0 Å². The Hall–Kier alpha value is -3.44. The highest BCUT2D eigenvalue weighted by atomic mass is 16.5. The molecule has 5 rings (SSSR count). The highest BCUT2D eigenvalue weighted by Crippen LogP contribution is 2.45. The van der Waals surface area contributed by atoms with Gasteiger partial charge < -0.3 is 18.9 Å². The summed E-state index contributed by atoms with van der Waals surface area (Å²) in [4.78, 5) is 2.42. The lowest BCUT2D eigenvalue weighted by atomic mass is 9.84. The number of benzene rings is 4. The van der Waals surface area contributed by atoms with Gasteiger partial charge in [0.15, 0.2) is 23.0 Å². The molecule has 5 nitrogen and oxygen atoms in total. The van der Waals surface area contributed by atoms with Gasteiger partial charge in [0.25, 0.3) is 0 Å². The minimum Gasteiger partial charge on any atom is -0.493 e. The topological polar surface area (TPSA) is 40.2 Å². The van der Waals surface area contributed by atoms with Gasteiger partial charge in [0.05, 0.1) is 34.5 Å². The van der Waals surface area contributed by atoms with Crippen LogP contribution in [-0.4, -0.2) is 46.9 Å². The summed E-state index contributed by atoms with van der Waals surface area (Å²) in [6, 6.07) is 17.5. The van der Waals surface area contributed by atoms with Gasteiger partial charge in [-0.2, -0.15) is 0 Å². The number of nitrogens with zero attached hydrogens (tertiary/aromatic N) is 1. The number of aryl methyl sites for hydroxylation is 1. The van der Waals surface area contributed by atoms with Crippen LogP contribution in [0.1, 0.15) is 28.3 Å². The summed E-state index contributed by atoms with van der Waals surface area (Å²) in [6.45, 7) is 3.08. The second-order valence-electron chi connectivity index (χ2n) is 8.98. The largest absolute Gasteiger partial charge is 0.493 e. The van der Waals surface area contributed by atoms with Gasteiger partial charge >= 0.3 is 0 Å². The Kier molecular flexibility index (Phi) is 5.74. The van der Waals surface area contributed by atoms with Crippen LogP contribution < -0.4 is 18.9 Å². The maximum Gasteiger partial charge on any atom is 0.161 e.